The Morgan fingerprint density at radius 2 is 1.88 bits per heavy atom. The second-order valence-corrected chi connectivity index (χ2v) is 5.72. The van der Waals surface area contributed by atoms with Crippen LogP contribution in [-0.2, 0) is 4.79 Å². The van der Waals surface area contributed by atoms with Crippen molar-refractivity contribution in [1.29, 1.82) is 0 Å². The van der Waals surface area contributed by atoms with Gasteiger partial charge in [-0.25, -0.2) is 4.39 Å². The number of rotatable bonds is 3. The zero-order valence-electron chi connectivity index (χ0n) is 13.2. The van der Waals surface area contributed by atoms with Gasteiger partial charge in [0.1, 0.15) is 19.0 Å². The molecule has 0 spiro atoms. The van der Waals surface area contributed by atoms with Gasteiger partial charge in [0.2, 0.25) is 5.91 Å². The molecule has 1 aliphatic heterocycles. The Morgan fingerprint density at radius 1 is 1.12 bits per heavy atom. The number of halogens is 2. The molecule has 8 heteroatoms. The highest BCUT2D eigenvalue weighted by Crippen LogP contribution is 2.38. The van der Waals surface area contributed by atoms with Gasteiger partial charge in [0, 0.05) is 18.2 Å². The number of fused-ring (bicyclic) bond motifs is 1. The molecule has 25 heavy (non-hydrogen) atoms. The van der Waals surface area contributed by atoms with Crippen molar-refractivity contribution in [2.45, 2.75) is 6.92 Å². The molecule has 0 radical (unpaired) electrons. The van der Waals surface area contributed by atoms with Gasteiger partial charge in [-0.05, 0) is 30.3 Å². The van der Waals surface area contributed by atoms with Crippen LogP contribution in [0.15, 0.2) is 30.3 Å². The first-order chi connectivity index (χ1) is 11.9. The van der Waals surface area contributed by atoms with E-state index in [-0.39, 0.29) is 22.2 Å². The van der Waals surface area contributed by atoms with Crippen molar-refractivity contribution in [3.8, 4) is 11.5 Å². The van der Waals surface area contributed by atoms with Crippen LogP contribution in [0.5, 0.6) is 11.5 Å². The molecule has 0 bridgehead atoms. The smallest absolute Gasteiger partial charge is 0.255 e. The summed E-state index contributed by atoms with van der Waals surface area (Å²) in [5.41, 5.74) is 0.491. The van der Waals surface area contributed by atoms with Crippen molar-refractivity contribution >= 4 is 34.8 Å². The zero-order chi connectivity index (χ0) is 18.0. The van der Waals surface area contributed by atoms with Crippen LogP contribution in [0.1, 0.15) is 17.3 Å². The summed E-state index contributed by atoms with van der Waals surface area (Å²) in [5.74, 6) is -0.772. The van der Waals surface area contributed by atoms with Crippen LogP contribution < -0.4 is 20.1 Å². The number of nitrogens with one attached hydrogen (secondary N) is 2. The minimum Gasteiger partial charge on any atom is -0.486 e. The van der Waals surface area contributed by atoms with Gasteiger partial charge in [-0.2, -0.15) is 0 Å². The fourth-order valence-corrected chi connectivity index (χ4v) is 2.60. The van der Waals surface area contributed by atoms with Crippen molar-refractivity contribution in [1.82, 2.24) is 0 Å². The van der Waals surface area contributed by atoms with Crippen molar-refractivity contribution in [2.24, 2.45) is 0 Å². The summed E-state index contributed by atoms with van der Waals surface area (Å²) in [6.45, 7) is 2.06. The molecule has 0 saturated heterocycles. The molecule has 0 aromatic heterocycles. The van der Waals surface area contributed by atoms with E-state index in [9.17, 15) is 14.0 Å². The maximum absolute atomic E-state index is 13.9. The van der Waals surface area contributed by atoms with Gasteiger partial charge in [-0.3, -0.25) is 9.59 Å². The third kappa shape index (κ3) is 3.83. The number of anilines is 2. The van der Waals surface area contributed by atoms with Crippen molar-refractivity contribution < 1.29 is 23.5 Å². The Labute approximate surface area is 147 Å². The summed E-state index contributed by atoms with van der Waals surface area (Å²) < 4.78 is 24.7. The number of amides is 2. The Balaban J connectivity index is 1.85. The average molecular weight is 365 g/mol. The van der Waals surface area contributed by atoms with E-state index >= 15 is 0 Å². The summed E-state index contributed by atoms with van der Waals surface area (Å²) >= 11 is 6.10. The SMILES string of the molecule is CC(=O)Nc1ccc(F)c(NC(=O)c2cc(Cl)c3c(c2)OCCO3)c1. The number of carbonyl (C=O) groups excluding carboxylic acids is 2. The number of carbonyl (C=O) groups is 2. The fourth-order valence-electron chi connectivity index (χ4n) is 2.34. The highest BCUT2D eigenvalue weighted by molar-refractivity contribution is 6.32. The van der Waals surface area contributed by atoms with E-state index in [2.05, 4.69) is 10.6 Å². The normalized spacial score (nSPS) is 12.4. The Morgan fingerprint density at radius 3 is 2.64 bits per heavy atom. The molecule has 0 saturated carbocycles. The van der Waals surface area contributed by atoms with Crippen LogP contribution in [0.25, 0.3) is 0 Å². The molecule has 6 nitrogen and oxygen atoms in total. The molecular formula is C17H14ClFN2O4. The van der Waals surface area contributed by atoms with Crippen LogP contribution in [0.2, 0.25) is 5.02 Å². The average Bonchev–Trinajstić information content (AvgIpc) is 2.57. The summed E-state index contributed by atoms with van der Waals surface area (Å²) in [4.78, 5) is 23.5. The molecule has 0 aliphatic carbocycles. The van der Waals surface area contributed by atoms with E-state index in [4.69, 9.17) is 21.1 Å². The molecule has 0 atom stereocenters. The predicted octanol–water partition coefficient (Wildman–Crippen LogP) is 3.46. The first-order valence-corrected chi connectivity index (χ1v) is 7.79. The third-order valence-corrected chi connectivity index (χ3v) is 3.67. The number of hydrogen-bond acceptors (Lipinski definition) is 4. The molecule has 2 amide bonds. The number of hydrogen-bond donors (Lipinski definition) is 2. The van der Waals surface area contributed by atoms with Crippen LogP contribution in [0.3, 0.4) is 0 Å². The lowest BCUT2D eigenvalue weighted by Gasteiger charge is -2.20. The quantitative estimate of drug-likeness (QED) is 0.874. The van der Waals surface area contributed by atoms with Gasteiger partial charge in [0.15, 0.2) is 11.5 Å². The fraction of sp³-hybridized carbons (Fsp3) is 0.176. The van der Waals surface area contributed by atoms with Crippen molar-refractivity contribution in [3.63, 3.8) is 0 Å². The summed E-state index contributed by atoms with van der Waals surface area (Å²) in [7, 11) is 0. The van der Waals surface area contributed by atoms with Gasteiger partial charge in [0.25, 0.3) is 5.91 Å². The lowest BCUT2D eigenvalue weighted by Crippen LogP contribution is -2.18. The maximum Gasteiger partial charge on any atom is 0.255 e. The molecule has 130 valence electrons. The lowest BCUT2D eigenvalue weighted by molar-refractivity contribution is -0.114. The van der Waals surface area contributed by atoms with Gasteiger partial charge in [0.05, 0.1) is 10.7 Å². The standard InChI is InChI=1S/C17H14ClFN2O4/c1-9(22)20-11-2-3-13(19)14(8-11)21-17(23)10-6-12(18)16-15(7-10)24-4-5-25-16/h2-3,6-8H,4-5H2,1H3,(H,20,22)(H,21,23). The van der Waals surface area contributed by atoms with E-state index < -0.39 is 11.7 Å². The predicted molar refractivity (Wildman–Crippen MR) is 91.1 cm³/mol. The summed E-state index contributed by atoms with van der Waals surface area (Å²) in [6.07, 6.45) is 0. The molecule has 1 heterocycles. The van der Waals surface area contributed by atoms with Crippen LogP contribution in [-0.4, -0.2) is 25.0 Å². The Bertz CT molecular complexity index is 857. The lowest BCUT2D eigenvalue weighted by atomic mass is 10.1. The highest BCUT2D eigenvalue weighted by Gasteiger charge is 2.20. The van der Waals surface area contributed by atoms with Gasteiger partial charge < -0.3 is 20.1 Å². The first-order valence-electron chi connectivity index (χ1n) is 7.41. The number of ether oxygens (including phenoxy) is 2. The molecular weight excluding hydrogens is 351 g/mol. The van der Waals surface area contributed by atoms with E-state index in [0.717, 1.165) is 6.07 Å². The monoisotopic (exact) mass is 364 g/mol. The molecule has 0 fully saturated rings. The van der Waals surface area contributed by atoms with Gasteiger partial charge >= 0.3 is 0 Å². The van der Waals surface area contributed by atoms with Crippen LogP contribution in [0, 0.1) is 5.82 Å². The second-order valence-electron chi connectivity index (χ2n) is 5.31. The minimum absolute atomic E-state index is 0.0674. The zero-order valence-corrected chi connectivity index (χ0v) is 13.9. The molecule has 1 aliphatic rings. The van der Waals surface area contributed by atoms with Crippen molar-refractivity contribution in [3.05, 3.63) is 46.7 Å². The van der Waals surface area contributed by atoms with Gasteiger partial charge in [-0.15, -0.1) is 0 Å². The largest absolute Gasteiger partial charge is 0.486 e. The molecule has 3 rings (SSSR count). The van der Waals surface area contributed by atoms with E-state index in [1.54, 1.807) is 0 Å². The number of benzene rings is 2. The van der Waals surface area contributed by atoms with Crippen LogP contribution in [0.4, 0.5) is 15.8 Å². The summed E-state index contributed by atoms with van der Waals surface area (Å²) in [5, 5.41) is 5.21. The first kappa shape index (κ1) is 17.0. The summed E-state index contributed by atoms with van der Waals surface area (Å²) in [6, 6.07) is 6.77. The highest BCUT2D eigenvalue weighted by atomic mass is 35.5. The van der Waals surface area contributed by atoms with Gasteiger partial charge in [-0.1, -0.05) is 11.6 Å². The van der Waals surface area contributed by atoms with E-state index in [1.807, 2.05) is 0 Å². The van der Waals surface area contributed by atoms with E-state index in [1.165, 1.54) is 31.2 Å². The van der Waals surface area contributed by atoms with Crippen LogP contribution >= 0.6 is 11.6 Å². The maximum atomic E-state index is 13.9. The Hall–Kier alpha value is -2.80. The third-order valence-electron chi connectivity index (χ3n) is 3.39. The molecule has 2 aromatic carbocycles. The van der Waals surface area contributed by atoms with Crippen molar-refractivity contribution in [2.75, 3.05) is 23.8 Å². The Kier molecular flexibility index (Phi) is 4.76. The van der Waals surface area contributed by atoms with E-state index in [0.29, 0.717) is 30.4 Å². The second kappa shape index (κ2) is 6.98. The molecule has 2 aromatic rings. The molecule has 0 unspecified atom stereocenters. The topological polar surface area (TPSA) is 76.7 Å². The molecule has 2 N–H and O–H groups in total. The minimum atomic E-state index is -0.633.